The summed E-state index contributed by atoms with van der Waals surface area (Å²) in [5, 5.41) is 0.126. The monoisotopic (exact) mass is 344 g/mol. The summed E-state index contributed by atoms with van der Waals surface area (Å²) in [6.45, 7) is 13.2. The maximum Gasteiger partial charge on any atom is 0.330 e. The highest BCUT2D eigenvalue weighted by Crippen LogP contribution is 2.39. The van der Waals surface area contributed by atoms with Crippen LogP contribution in [-0.4, -0.2) is 46.5 Å². The number of carbonyl (C=O) groups excluding carboxylic acids is 1. The fourth-order valence-corrected chi connectivity index (χ4v) is 3.55. The van der Waals surface area contributed by atoms with Crippen LogP contribution in [0, 0.1) is 0 Å². The Bertz CT molecular complexity index is 414. The van der Waals surface area contributed by atoms with Crippen LogP contribution in [0.5, 0.6) is 0 Å². The highest BCUT2D eigenvalue weighted by molar-refractivity contribution is 6.74. The first-order valence-corrected chi connectivity index (χ1v) is 11.2. The summed E-state index contributed by atoms with van der Waals surface area (Å²) >= 11 is 0. The second-order valence-electron chi connectivity index (χ2n) is 7.37. The van der Waals surface area contributed by atoms with E-state index in [1.54, 1.807) is 20.1 Å². The molecule has 3 atom stereocenters. The van der Waals surface area contributed by atoms with Crippen LogP contribution in [0.15, 0.2) is 12.2 Å². The number of methoxy groups -OCH3 is 1. The van der Waals surface area contributed by atoms with Gasteiger partial charge in [0.2, 0.25) is 0 Å². The summed E-state index contributed by atoms with van der Waals surface area (Å²) < 4.78 is 22.6. The predicted molar refractivity (Wildman–Crippen MR) is 92.7 cm³/mol. The molecule has 1 aliphatic heterocycles. The van der Waals surface area contributed by atoms with Gasteiger partial charge < -0.3 is 18.6 Å². The Morgan fingerprint density at radius 3 is 2.48 bits per heavy atom. The van der Waals surface area contributed by atoms with E-state index in [1.165, 1.54) is 6.08 Å². The van der Waals surface area contributed by atoms with Crippen LogP contribution in [0.2, 0.25) is 18.1 Å². The molecule has 0 spiro atoms. The molecule has 0 bridgehead atoms. The molecule has 1 saturated heterocycles. The summed E-state index contributed by atoms with van der Waals surface area (Å²) in [7, 11) is -0.278. The first kappa shape index (κ1) is 20.4. The Morgan fingerprint density at radius 1 is 1.30 bits per heavy atom. The van der Waals surface area contributed by atoms with E-state index in [0.717, 1.165) is 12.8 Å². The van der Waals surface area contributed by atoms with Crippen molar-refractivity contribution in [2.45, 2.75) is 77.2 Å². The molecule has 134 valence electrons. The second kappa shape index (κ2) is 8.42. The van der Waals surface area contributed by atoms with E-state index in [0.29, 0.717) is 6.61 Å². The van der Waals surface area contributed by atoms with Crippen molar-refractivity contribution in [1.29, 1.82) is 0 Å². The molecule has 0 aromatic heterocycles. The van der Waals surface area contributed by atoms with Gasteiger partial charge in [-0.25, -0.2) is 4.79 Å². The summed E-state index contributed by atoms with van der Waals surface area (Å²) in [5.41, 5.74) is 0. The molecule has 0 saturated carbocycles. The Kier molecular flexibility index (Phi) is 7.45. The Morgan fingerprint density at radius 2 is 1.96 bits per heavy atom. The Hall–Kier alpha value is -0.693. The molecule has 0 N–H and O–H groups in total. The van der Waals surface area contributed by atoms with Crippen molar-refractivity contribution in [3.8, 4) is 0 Å². The van der Waals surface area contributed by atoms with Crippen molar-refractivity contribution in [2.75, 3.05) is 13.7 Å². The molecule has 1 fully saturated rings. The van der Waals surface area contributed by atoms with Crippen LogP contribution in [0.1, 0.15) is 40.5 Å². The molecular formula is C17H32O5Si. The molecule has 1 unspecified atom stereocenters. The van der Waals surface area contributed by atoms with Crippen LogP contribution in [0.25, 0.3) is 0 Å². The third-order valence-electron chi connectivity index (χ3n) is 4.59. The molecule has 0 amide bonds. The van der Waals surface area contributed by atoms with Gasteiger partial charge in [-0.05, 0) is 37.6 Å². The van der Waals surface area contributed by atoms with Crippen molar-refractivity contribution in [3.63, 3.8) is 0 Å². The molecule has 5 nitrogen and oxygen atoms in total. The lowest BCUT2D eigenvalue weighted by Gasteiger charge is -2.43. The molecule has 0 aliphatic carbocycles. The lowest BCUT2D eigenvalue weighted by molar-refractivity contribution is -0.195. The third kappa shape index (κ3) is 6.03. The fourth-order valence-electron chi connectivity index (χ4n) is 2.18. The molecule has 0 aromatic carbocycles. The number of hydrogen-bond acceptors (Lipinski definition) is 5. The minimum Gasteiger partial charge on any atom is -0.463 e. The first-order chi connectivity index (χ1) is 10.6. The number of esters is 1. The molecule has 6 heteroatoms. The highest BCUT2D eigenvalue weighted by Gasteiger charge is 2.42. The van der Waals surface area contributed by atoms with Crippen molar-refractivity contribution < 1.29 is 23.4 Å². The summed E-state index contributed by atoms with van der Waals surface area (Å²) in [6, 6.07) is 0. The number of rotatable bonds is 6. The van der Waals surface area contributed by atoms with Gasteiger partial charge in [0, 0.05) is 19.6 Å². The maximum atomic E-state index is 11.6. The quantitative estimate of drug-likeness (QED) is 0.418. The minimum atomic E-state index is -1.91. The molecule has 1 heterocycles. The molecule has 1 aliphatic rings. The Labute approximate surface area is 141 Å². The van der Waals surface area contributed by atoms with Gasteiger partial charge in [0.15, 0.2) is 14.6 Å². The van der Waals surface area contributed by atoms with Crippen LogP contribution >= 0.6 is 0 Å². The first-order valence-electron chi connectivity index (χ1n) is 8.31. The van der Waals surface area contributed by atoms with Gasteiger partial charge in [0.25, 0.3) is 0 Å². The molecule has 1 rings (SSSR count). The van der Waals surface area contributed by atoms with Crippen molar-refractivity contribution in [3.05, 3.63) is 12.2 Å². The molecular weight excluding hydrogens is 312 g/mol. The highest BCUT2D eigenvalue weighted by atomic mass is 28.4. The average Bonchev–Trinajstić information content (AvgIpc) is 2.45. The van der Waals surface area contributed by atoms with Crippen molar-refractivity contribution in [1.82, 2.24) is 0 Å². The predicted octanol–water partition coefficient (Wildman–Crippen LogP) is 3.65. The van der Waals surface area contributed by atoms with E-state index < -0.39 is 8.32 Å². The summed E-state index contributed by atoms with van der Waals surface area (Å²) in [5.74, 6) is -0.360. The van der Waals surface area contributed by atoms with Crippen molar-refractivity contribution >= 4 is 14.3 Å². The Balaban J connectivity index is 2.83. The van der Waals surface area contributed by atoms with Gasteiger partial charge in [0.05, 0.1) is 12.7 Å². The van der Waals surface area contributed by atoms with E-state index in [4.69, 9.17) is 18.6 Å². The maximum absolute atomic E-state index is 11.6. The van der Waals surface area contributed by atoms with E-state index >= 15 is 0 Å². The van der Waals surface area contributed by atoms with E-state index in [1.807, 2.05) is 0 Å². The standard InChI is InChI=1S/C17H32O5Si/c1-8-20-15(18)11-9-13-14(10-12-16(19-5)21-13)22-23(6,7)17(2,3)4/h9,11,13-14,16H,8,10,12H2,1-7H3/b11-9+/t13-,14+,16?/m1/s1. The zero-order valence-corrected chi connectivity index (χ0v) is 16.5. The third-order valence-corrected chi connectivity index (χ3v) is 9.09. The number of hydrogen-bond donors (Lipinski definition) is 0. The SMILES string of the molecule is CCOC(=O)/C=C/[C@H]1OC(OC)CC[C@@H]1O[Si](C)(C)C(C)(C)C. The number of carbonyl (C=O) groups is 1. The second-order valence-corrected chi connectivity index (χ2v) is 12.1. The van der Waals surface area contributed by atoms with Gasteiger partial charge in [0.1, 0.15) is 6.10 Å². The average molecular weight is 345 g/mol. The lowest BCUT2D eigenvalue weighted by atomic mass is 10.0. The minimum absolute atomic E-state index is 0.0621. The fraction of sp³-hybridized carbons (Fsp3) is 0.824. The van der Waals surface area contributed by atoms with Crippen LogP contribution in [0.4, 0.5) is 0 Å². The number of ether oxygens (including phenoxy) is 3. The van der Waals surface area contributed by atoms with E-state index in [2.05, 4.69) is 33.9 Å². The van der Waals surface area contributed by atoms with Gasteiger partial charge in [-0.2, -0.15) is 0 Å². The summed E-state index contributed by atoms with van der Waals surface area (Å²) in [6.07, 6.45) is 4.18. The zero-order valence-electron chi connectivity index (χ0n) is 15.5. The topological polar surface area (TPSA) is 54.0 Å². The smallest absolute Gasteiger partial charge is 0.330 e. The molecule has 0 radical (unpaired) electrons. The van der Waals surface area contributed by atoms with Crippen LogP contribution in [0.3, 0.4) is 0 Å². The van der Waals surface area contributed by atoms with E-state index in [-0.39, 0.29) is 29.5 Å². The van der Waals surface area contributed by atoms with Crippen LogP contribution in [-0.2, 0) is 23.4 Å². The van der Waals surface area contributed by atoms with Gasteiger partial charge in [-0.1, -0.05) is 20.8 Å². The normalized spacial score (nSPS) is 26.5. The van der Waals surface area contributed by atoms with Crippen LogP contribution < -0.4 is 0 Å². The lowest BCUT2D eigenvalue weighted by Crippen LogP contribution is -2.50. The zero-order chi connectivity index (χ0) is 17.7. The van der Waals surface area contributed by atoms with Gasteiger partial charge >= 0.3 is 5.97 Å². The molecule has 0 aromatic rings. The largest absolute Gasteiger partial charge is 0.463 e. The summed E-state index contributed by atoms with van der Waals surface area (Å²) in [4.78, 5) is 11.6. The van der Waals surface area contributed by atoms with Gasteiger partial charge in [-0.15, -0.1) is 0 Å². The van der Waals surface area contributed by atoms with Crippen molar-refractivity contribution in [2.24, 2.45) is 0 Å². The van der Waals surface area contributed by atoms with Gasteiger partial charge in [-0.3, -0.25) is 0 Å². The molecule has 23 heavy (non-hydrogen) atoms. The van der Waals surface area contributed by atoms with E-state index in [9.17, 15) is 4.79 Å².